The van der Waals surface area contributed by atoms with Crippen LogP contribution in [-0.4, -0.2) is 13.0 Å². The smallest absolute Gasteiger partial charge is 0.261 e. The summed E-state index contributed by atoms with van der Waals surface area (Å²) in [5, 5.41) is 0.497. The summed E-state index contributed by atoms with van der Waals surface area (Å²) >= 11 is 6.10. The second-order valence-electron chi connectivity index (χ2n) is 5.61. The Morgan fingerprint density at radius 2 is 1.60 bits per heavy atom. The summed E-state index contributed by atoms with van der Waals surface area (Å²) in [7, 11) is 1.74. The Bertz CT molecular complexity index is 850. The van der Waals surface area contributed by atoms with Crippen LogP contribution in [0.15, 0.2) is 78.9 Å². The monoisotopic (exact) mass is 351 g/mol. The molecule has 0 atom stereocenters. The van der Waals surface area contributed by atoms with Crippen LogP contribution in [-0.2, 0) is 6.61 Å². The second kappa shape index (κ2) is 7.86. The molecule has 0 unspecified atom stereocenters. The van der Waals surface area contributed by atoms with Crippen LogP contribution in [0.1, 0.15) is 15.9 Å². The minimum atomic E-state index is -0.170. The van der Waals surface area contributed by atoms with Gasteiger partial charge < -0.3 is 9.64 Å². The normalized spacial score (nSPS) is 10.3. The summed E-state index contributed by atoms with van der Waals surface area (Å²) in [6.45, 7) is 0.387. The molecule has 0 aliphatic carbocycles. The fourth-order valence-corrected chi connectivity index (χ4v) is 2.65. The Labute approximate surface area is 152 Å². The van der Waals surface area contributed by atoms with Gasteiger partial charge in [-0.05, 0) is 35.9 Å². The second-order valence-corrected chi connectivity index (χ2v) is 6.05. The quantitative estimate of drug-likeness (QED) is 0.632. The fourth-order valence-electron chi connectivity index (χ4n) is 2.48. The van der Waals surface area contributed by atoms with Crippen LogP contribution < -0.4 is 9.64 Å². The Balaban J connectivity index is 1.84. The maximum absolute atomic E-state index is 12.9. The highest BCUT2D eigenvalue weighted by molar-refractivity contribution is 6.31. The van der Waals surface area contributed by atoms with E-state index in [1.807, 2.05) is 60.7 Å². The maximum Gasteiger partial charge on any atom is 0.261 e. The molecule has 0 spiro atoms. The summed E-state index contributed by atoms with van der Waals surface area (Å²) in [4.78, 5) is 14.5. The minimum absolute atomic E-state index is 0.170. The lowest BCUT2D eigenvalue weighted by molar-refractivity contribution is 0.0988. The van der Waals surface area contributed by atoms with Crippen molar-refractivity contribution in [3.63, 3.8) is 0 Å². The minimum Gasteiger partial charge on any atom is -0.488 e. The van der Waals surface area contributed by atoms with Crippen LogP contribution in [0, 0.1) is 0 Å². The predicted molar refractivity (Wildman–Crippen MR) is 101 cm³/mol. The number of benzene rings is 3. The highest BCUT2D eigenvalue weighted by Gasteiger charge is 2.18. The number of amides is 1. The number of carbonyl (C=O) groups is 1. The molecule has 0 bridgehead atoms. The summed E-state index contributed by atoms with van der Waals surface area (Å²) in [5.41, 5.74) is 2.28. The number of nitrogens with zero attached hydrogens (tertiary/aromatic N) is 1. The van der Waals surface area contributed by atoms with Crippen molar-refractivity contribution in [1.29, 1.82) is 0 Å². The van der Waals surface area contributed by atoms with Crippen LogP contribution in [0.2, 0.25) is 5.02 Å². The molecule has 4 heteroatoms. The molecular formula is C21H18ClNO2. The number of ether oxygens (including phenoxy) is 1. The summed E-state index contributed by atoms with van der Waals surface area (Å²) in [5.74, 6) is 0.345. The number of halogens is 1. The number of hydrogen-bond donors (Lipinski definition) is 0. The van der Waals surface area contributed by atoms with E-state index >= 15 is 0 Å². The van der Waals surface area contributed by atoms with Gasteiger partial charge in [0.15, 0.2) is 0 Å². The SMILES string of the molecule is CN(C(=O)c1cc(Cl)ccc1OCc1ccccc1)c1ccccc1. The Morgan fingerprint density at radius 1 is 0.960 bits per heavy atom. The zero-order chi connectivity index (χ0) is 17.6. The Hall–Kier alpha value is -2.78. The highest BCUT2D eigenvalue weighted by atomic mass is 35.5. The Kier molecular flexibility index (Phi) is 5.36. The largest absolute Gasteiger partial charge is 0.488 e. The first-order valence-corrected chi connectivity index (χ1v) is 8.32. The van der Waals surface area contributed by atoms with Gasteiger partial charge in [-0.15, -0.1) is 0 Å². The fraction of sp³-hybridized carbons (Fsp3) is 0.0952. The molecular weight excluding hydrogens is 334 g/mol. The summed E-state index contributed by atoms with van der Waals surface area (Å²) in [6, 6.07) is 24.4. The predicted octanol–water partition coefficient (Wildman–Crippen LogP) is 5.20. The number of rotatable bonds is 5. The van der Waals surface area contributed by atoms with Crippen LogP contribution in [0.25, 0.3) is 0 Å². The molecule has 0 saturated heterocycles. The van der Waals surface area contributed by atoms with E-state index in [-0.39, 0.29) is 5.91 Å². The number of carbonyl (C=O) groups excluding carboxylic acids is 1. The van der Waals surface area contributed by atoms with Crippen LogP contribution in [0.4, 0.5) is 5.69 Å². The number of para-hydroxylation sites is 1. The third-order valence-corrected chi connectivity index (χ3v) is 4.09. The summed E-state index contributed by atoms with van der Waals surface area (Å²) < 4.78 is 5.88. The maximum atomic E-state index is 12.9. The molecule has 0 fully saturated rings. The molecule has 3 rings (SSSR count). The van der Waals surface area contributed by atoms with E-state index < -0.39 is 0 Å². The number of anilines is 1. The van der Waals surface area contributed by atoms with Gasteiger partial charge in [-0.3, -0.25) is 4.79 Å². The van der Waals surface area contributed by atoms with E-state index in [2.05, 4.69) is 0 Å². The van der Waals surface area contributed by atoms with Crippen molar-refractivity contribution >= 4 is 23.2 Å². The lowest BCUT2D eigenvalue weighted by Gasteiger charge is -2.19. The summed E-state index contributed by atoms with van der Waals surface area (Å²) in [6.07, 6.45) is 0. The molecule has 0 heterocycles. The van der Waals surface area contributed by atoms with Crippen molar-refractivity contribution < 1.29 is 9.53 Å². The van der Waals surface area contributed by atoms with Crippen molar-refractivity contribution in [2.75, 3.05) is 11.9 Å². The average molecular weight is 352 g/mol. The van der Waals surface area contributed by atoms with Crippen LogP contribution in [0.3, 0.4) is 0 Å². The standard InChI is InChI=1S/C21H18ClNO2/c1-23(18-10-6-3-7-11-18)21(24)19-14-17(22)12-13-20(19)25-15-16-8-4-2-5-9-16/h2-14H,15H2,1H3. The molecule has 0 aromatic heterocycles. The van der Waals surface area contributed by atoms with Gasteiger partial charge in [-0.25, -0.2) is 0 Å². The van der Waals surface area contributed by atoms with E-state index in [4.69, 9.17) is 16.3 Å². The third-order valence-electron chi connectivity index (χ3n) is 3.86. The molecule has 3 aromatic rings. The topological polar surface area (TPSA) is 29.5 Å². The molecule has 0 radical (unpaired) electrons. The van der Waals surface area contributed by atoms with Gasteiger partial charge in [-0.1, -0.05) is 60.1 Å². The Morgan fingerprint density at radius 3 is 2.28 bits per heavy atom. The molecule has 0 saturated carbocycles. The van der Waals surface area contributed by atoms with Gasteiger partial charge in [0.2, 0.25) is 0 Å². The van der Waals surface area contributed by atoms with Crippen molar-refractivity contribution in [1.82, 2.24) is 0 Å². The lowest BCUT2D eigenvalue weighted by Crippen LogP contribution is -2.26. The molecule has 25 heavy (non-hydrogen) atoms. The highest BCUT2D eigenvalue weighted by Crippen LogP contribution is 2.26. The van der Waals surface area contributed by atoms with Crippen molar-refractivity contribution in [3.05, 3.63) is 95.0 Å². The average Bonchev–Trinajstić information content (AvgIpc) is 2.67. The van der Waals surface area contributed by atoms with Crippen molar-refractivity contribution in [2.45, 2.75) is 6.61 Å². The molecule has 126 valence electrons. The molecule has 3 nitrogen and oxygen atoms in total. The zero-order valence-electron chi connectivity index (χ0n) is 13.9. The van der Waals surface area contributed by atoms with E-state index in [0.717, 1.165) is 11.3 Å². The molecule has 0 N–H and O–H groups in total. The molecule has 0 aliphatic rings. The van der Waals surface area contributed by atoms with Gasteiger partial charge in [0, 0.05) is 17.8 Å². The van der Waals surface area contributed by atoms with Crippen LogP contribution in [0.5, 0.6) is 5.75 Å². The van der Waals surface area contributed by atoms with E-state index in [0.29, 0.717) is 22.9 Å². The van der Waals surface area contributed by atoms with E-state index in [1.165, 1.54) is 0 Å². The number of hydrogen-bond acceptors (Lipinski definition) is 2. The first kappa shape index (κ1) is 17.1. The van der Waals surface area contributed by atoms with Crippen molar-refractivity contribution in [2.24, 2.45) is 0 Å². The van der Waals surface area contributed by atoms with Gasteiger partial charge >= 0.3 is 0 Å². The first-order valence-electron chi connectivity index (χ1n) is 7.94. The van der Waals surface area contributed by atoms with Gasteiger partial charge in [0.05, 0.1) is 5.56 Å². The molecule has 1 amide bonds. The third kappa shape index (κ3) is 4.20. The van der Waals surface area contributed by atoms with Gasteiger partial charge in [0.25, 0.3) is 5.91 Å². The molecule has 3 aromatic carbocycles. The first-order chi connectivity index (χ1) is 12.1. The van der Waals surface area contributed by atoms with Crippen LogP contribution >= 0.6 is 11.6 Å². The van der Waals surface area contributed by atoms with Gasteiger partial charge in [0.1, 0.15) is 12.4 Å². The lowest BCUT2D eigenvalue weighted by atomic mass is 10.1. The zero-order valence-corrected chi connectivity index (χ0v) is 14.6. The van der Waals surface area contributed by atoms with Gasteiger partial charge in [-0.2, -0.15) is 0 Å². The van der Waals surface area contributed by atoms with Crippen molar-refractivity contribution in [3.8, 4) is 5.75 Å². The molecule has 0 aliphatic heterocycles. The van der Waals surface area contributed by atoms with E-state index in [9.17, 15) is 4.79 Å². The van der Waals surface area contributed by atoms with E-state index in [1.54, 1.807) is 30.1 Å².